The fraction of sp³-hybridized carbons (Fsp3) is 0.391. The Labute approximate surface area is 200 Å². The minimum Gasteiger partial charge on any atom is -0.457 e. The Balaban J connectivity index is 0.00000341. The van der Waals surface area contributed by atoms with Crippen molar-refractivity contribution in [3.8, 4) is 11.5 Å². The van der Waals surface area contributed by atoms with Crippen LogP contribution in [0, 0.1) is 11.7 Å². The maximum atomic E-state index is 13.0. The number of nitrogens with zero attached hydrogens (tertiary/aromatic N) is 2. The third-order valence-electron chi connectivity index (χ3n) is 5.30. The smallest absolute Gasteiger partial charge is 0.220 e. The zero-order valence-electron chi connectivity index (χ0n) is 17.9. The van der Waals surface area contributed by atoms with E-state index in [9.17, 15) is 9.18 Å². The number of carbonyl (C=O) groups is 1. The van der Waals surface area contributed by atoms with E-state index in [2.05, 4.69) is 20.5 Å². The second kappa shape index (κ2) is 12.5. The van der Waals surface area contributed by atoms with E-state index in [-0.39, 0.29) is 35.7 Å². The molecule has 8 heteroatoms. The van der Waals surface area contributed by atoms with Gasteiger partial charge in [0, 0.05) is 40.2 Å². The molecule has 1 aliphatic heterocycles. The lowest BCUT2D eigenvalue weighted by atomic mass is 9.93. The van der Waals surface area contributed by atoms with Crippen LogP contribution in [0.2, 0.25) is 0 Å². The second-order valence-corrected chi connectivity index (χ2v) is 7.41. The molecule has 0 bridgehead atoms. The summed E-state index contributed by atoms with van der Waals surface area (Å²) in [5.41, 5.74) is 1.11. The lowest BCUT2D eigenvalue weighted by Crippen LogP contribution is -2.45. The number of ether oxygens (including phenoxy) is 1. The molecule has 168 valence electrons. The molecule has 1 aliphatic rings. The molecule has 3 rings (SSSR count). The summed E-state index contributed by atoms with van der Waals surface area (Å²) in [4.78, 5) is 18.2. The van der Waals surface area contributed by atoms with Gasteiger partial charge >= 0.3 is 0 Å². The molecule has 1 amide bonds. The zero-order valence-corrected chi connectivity index (χ0v) is 20.3. The Morgan fingerprint density at radius 1 is 1.10 bits per heavy atom. The lowest BCUT2D eigenvalue weighted by molar-refractivity contribution is -0.121. The van der Waals surface area contributed by atoms with E-state index in [0.717, 1.165) is 37.5 Å². The molecule has 0 saturated carbocycles. The van der Waals surface area contributed by atoms with Gasteiger partial charge in [-0.25, -0.2) is 4.39 Å². The van der Waals surface area contributed by atoms with Crippen LogP contribution in [0.15, 0.2) is 53.5 Å². The number of benzene rings is 2. The molecule has 2 aromatic rings. The molecule has 1 heterocycles. The van der Waals surface area contributed by atoms with Gasteiger partial charge in [0.2, 0.25) is 5.91 Å². The molecule has 0 unspecified atom stereocenters. The summed E-state index contributed by atoms with van der Waals surface area (Å²) in [6, 6.07) is 13.7. The van der Waals surface area contributed by atoms with Crippen molar-refractivity contribution in [1.29, 1.82) is 0 Å². The Hall–Kier alpha value is -2.36. The fourth-order valence-corrected chi connectivity index (χ4v) is 3.54. The predicted octanol–water partition coefficient (Wildman–Crippen LogP) is 4.16. The standard InChI is InChI=1S/C23H29FN4O2.HI/c1-25-22(29)15-17-11-13-28(14-12-17)23(26-2)27-16-18-3-7-20(8-4-18)30-21-9-5-19(24)6-10-21;/h3-10,17H,11-16H2,1-2H3,(H,25,29)(H,26,27);1H. The quantitative estimate of drug-likeness (QED) is 0.328. The van der Waals surface area contributed by atoms with Crippen LogP contribution in [-0.2, 0) is 11.3 Å². The molecule has 0 aliphatic carbocycles. The van der Waals surface area contributed by atoms with E-state index >= 15 is 0 Å². The zero-order chi connectivity index (χ0) is 21.3. The molecular formula is C23H30FIN4O2. The molecular weight excluding hydrogens is 510 g/mol. The van der Waals surface area contributed by atoms with Crippen molar-refractivity contribution in [3.05, 3.63) is 59.9 Å². The van der Waals surface area contributed by atoms with Crippen LogP contribution in [0.1, 0.15) is 24.8 Å². The van der Waals surface area contributed by atoms with E-state index in [0.29, 0.717) is 30.4 Å². The average Bonchev–Trinajstić information content (AvgIpc) is 2.78. The van der Waals surface area contributed by atoms with Gasteiger partial charge in [0.1, 0.15) is 17.3 Å². The van der Waals surface area contributed by atoms with Crippen molar-refractivity contribution >= 4 is 35.8 Å². The first-order valence-electron chi connectivity index (χ1n) is 10.3. The van der Waals surface area contributed by atoms with Crippen LogP contribution in [0.5, 0.6) is 11.5 Å². The summed E-state index contributed by atoms with van der Waals surface area (Å²) in [7, 11) is 3.48. The summed E-state index contributed by atoms with van der Waals surface area (Å²) in [5, 5.41) is 6.11. The Kier molecular flexibility index (Phi) is 10.0. The maximum absolute atomic E-state index is 13.0. The monoisotopic (exact) mass is 540 g/mol. The lowest BCUT2D eigenvalue weighted by Gasteiger charge is -2.34. The van der Waals surface area contributed by atoms with Crippen LogP contribution in [0.25, 0.3) is 0 Å². The maximum Gasteiger partial charge on any atom is 0.220 e. The first-order valence-corrected chi connectivity index (χ1v) is 10.3. The highest BCUT2D eigenvalue weighted by Crippen LogP contribution is 2.22. The Morgan fingerprint density at radius 2 is 1.68 bits per heavy atom. The van der Waals surface area contributed by atoms with Crippen molar-refractivity contribution in [1.82, 2.24) is 15.5 Å². The number of likely N-dealkylation sites (tertiary alicyclic amines) is 1. The van der Waals surface area contributed by atoms with Gasteiger partial charge in [0.25, 0.3) is 0 Å². The largest absolute Gasteiger partial charge is 0.457 e. The minimum absolute atomic E-state index is 0. The number of hydrogen-bond donors (Lipinski definition) is 2. The van der Waals surface area contributed by atoms with E-state index in [1.165, 1.54) is 12.1 Å². The van der Waals surface area contributed by atoms with Crippen LogP contribution < -0.4 is 15.4 Å². The van der Waals surface area contributed by atoms with Gasteiger partial charge in [-0.05, 0) is 60.7 Å². The summed E-state index contributed by atoms with van der Waals surface area (Å²) in [5.74, 6) is 2.44. The third kappa shape index (κ3) is 7.68. The molecule has 2 aromatic carbocycles. The average molecular weight is 540 g/mol. The minimum atomic E-state index is -0.284. The number of amides is 1. The number of rotatable bonds is 6. The molecule has 6 nitrogen and oxygen atoms in total. The van der Waals surface area contributed by atoms with Gasteiger partial charge in [-0.3, -0.25) is 9.79 Å². The molecule has 0 atom stereocenters. The molecule has 31 heavy (non-hydrogen) atoms. The number of hydrogen-bond acceptors (Lipinski definition) is 3. The second-order valence-electron chi connectivity index (χ2n) is 7.41. The highest BCUT2D eigenvalue weighted by atomic mass is 127. The number of nitrogens with one attached hydrogen (secondary N) is 2. The van der Waals surface area contributed by atoms with Crippen molar-refractivity contribution in [3.63, 3.8) is 0 Å². The number of aliphatic imine (C=N–C) groups is 1. The fourth-order valence-electron chi connectivity index (χ4n) is 3.54. The number of guanidine groups is 1. The van der Waals surface area contributed by atoms with Crippen LogP contribution >= 0.6 is 24.0 Å². The van der Waals surface area contributed by atoms with Crippen LogP contribution in [-0.4, -0.2) is 44.0 Å². The summed E-state index contributed by atoms with van der Waals surface area (Å²) in [6.45, 7) is 2.44. The third-order valence-corrected chi connectivity index (χ3v) is 5.30. The van der Waals surface area contributed by atoms with Crippen LogP contribution in [0.3, 0.4) is 0 Å². The summed E-state index contributed by atoms with van der Waals surface area (Å²) >= 11 is 0. The van der Waals surface area contributed by atoms with Gasteiger partial charge in [-0.15, -0.1) is 24.0 Å². The SMILES string of the molecule is CN=C(NCc1ccc(Oc2ccc(F)cc2)cc1)N1CCC(CC(=O)NC)CC1.I. The summed E-state index contributed by atoms with van der Waals surface area (Å²) in [6.07, 6.45) is 2.58. The van der Waals surface area contributed by atoms with E-state index in [4.69, 9.17) is 4.74 Å². The van der Waals surface area contributed by atoms with Gasteiger partial charge < -0.3 is 20.3 Å². The Morgan fingerprint density at radius 3 is 2.23 bits per heavy atom. The molecule has 0 spiro atoms. The Bertz CT molecular complexity index is 851. The predicted molar refractivity (Wildman–Crippen MR) is 132 cm³/mol. The summed E-state index contributed by atoms with van der Waals surface area (Å²) < 4.78 is 18.7. The topological polar surface area (TPSA) is 66.0 Å². The van der Waals surface area contributed by atoms with Crippen molar-refractivity contribution in [2.75, 3.05) is 27.2 Å². The van der Waals surface area contributed by atoms with Gasteiger partial charge in [0.15, 0.2) is 5.96 Å². The van der Waals surface area contributed by atoms with Crippen LogP contribution in [0.4, 0.5) is 4.39 Å². The van der Waals surface area contributed by atoms with Crippen molar-refractivity contribution in [2.45, 2.75) is 25.8 Å². The molecule has 1 saturated heterocycles. The van der Waals surface area contributed by atoms with Crippen molar-refractivity contribution in [2.24, 2.45) is 10.9 Å². The number of carbonyl (C=O) groups excluding carboxylic acids is 1. The van der Waals surface area contributed by atoms with E-state index in [1.54, 1.807) is 26.2 Å². The van der Waals surface area contributed by atoms with Crippen molar-refractivity contribution < 1.29 is 13.9 Å². The molecule has 2 N–H and O–H groups in total. The highest BCUT2D eigenvalue weighted by Gasteiger charge is 2.22. The van der Waals surface area contributed by atoms with E-state index in [1.807, 2.05) is 24.3 Å². The van der Waals surface area contributed by atoms with Gasteiger partial charge in [0.05, 0.1) is 0 Å². The van der Waals surface area contributed by atoms with Gasteiger partial charge in [-0.2, -0.15) is 0 Å². The highest BCUT2D eigenvalue weighted by molar-refractivity contribution is 14.0. The molecule has 1 fully saturated rings. The number of halogens is 2. The van der Waals surface area contributed by atoms with Gasteiger partial charge in [-0.1, -0.05) is 12.1 Å². The molecule has 0 radical (unpaired) electrons. The first-order chi connectivity index (χ1) is 14.6. The molecule has 0 aromatic heterocycles. The van der Waals surface area contributed by atoms with E-state index < -0.39 is 0 Å². The normalized spacial score (nSPS) is 14.5. The number of piperidine rings is 1. The first kappa shape index (κ1) is 24.9.